The third-order valence-electron chi connectivity index (χ3n) is 6.10. The van der Waals surface area contributed by atoms with Gasteiger partial charge in [-0.25, -0.2) is 9.79 Å². The van der Waals surface area contributed by atoms with E-state index in [-0.39, 0.29) is 25.5 Å². The van der Waals surface area contributed by atoms with Gasteiger partial charge in [-0.15, -0.1) is 4.91 Å². The second kappa shape index (κ2) is 11.6. The molecule has 190 valence electrons. The number of amides is 4. The van der Waals surface area contributed by atoms with E-state index in [0.717, 1.165) is 45.1 Å². The van der Waals surface area contributed by atoms with Gasteiger partial charge in [0.1, 0.15) is 11.5 Å². The maximum absolute atomic E-state index is 13.5. The average Bonchev–Trinajstić information content (AvgIpc) is 3.18. The topological polar surface area (TPSA) is 139 Å². The fourth-order valence-electron chi connectivity index (χ4n) is 4.04. The van der Waals surface area contributed by atoms with E-state index in [4.69, 9.17) is 10.2 Å². The summed E-state index contributed by atoms with van der Waals surface area (Å²) in [5, 5.41) is 2.33. The Morgan fingerprint density at radius 1 is 1.08 bits per heavy atom. The lowest BCUT2D eigenvalue weighted by atomic mass is 9.99. The number of imide groups is 1. The molecule has 0 radical (unpaired) electrons. The number of guanidine groups is 1. The van der Waals surface area contributed by atoms with Crippen LogP contribution in [0.15, 0.2) is 44.5 Å². The number of rotatable bonds is 7. The summed E-state index contributed by atoms with van der Waals surface area (Å²) in [4.78, 5) is 54.2. The third kappa shape index (κ3) is 6.12. The molecule has 0 saturated heterocycles. The molecule has 0 saturated carbocycles. The van der Waals surface area contributed by atoms with Crippen LogP contribution in [-0.2, 0) is 29.0 Å². The lowest BCUT2D eigenvalue weighted by molar-refractivity contribution is -0.126. The molecule has 36 heavy (non-hydrogen) atoms. The monoisotopic (exact) mass is 493 g/mol. The number of nitrogens with two attached hydrogens (primary N) is 1. The fraction of sp³-hybridized carbons (Fsp3) is 0.385. The van der Waals surface area contributed by atoms with Crippen molar-refractivity contribution in [3.8, 4) is 0 Å². The highest BCUT2D eigenvalue weighted by Crippen LogP contribution is 2.31. The van der Waals surface area contributed by atoms with Gasteiger partial charge < -0.3 is 10.2 Å². The molecule has 1 aromatic carbocycles. The van der Waals surface area contributed by atoms with Gasteiger partial charge in [0.15, 0.2) is 0 Å². The molecule has 0 unspecified atom stereocenters. The minimum atomic E-state index is -0.953. The van der Waals surface area contributed by atoms with Gasteiger partial charge in [0, 0.05) is 42.7 Å². The van der Waals surface area contributed by atoms with Crippen molar-refractivity contribution in [3.05, 3.63) is 68.6 Å². The number of fused-ring (bicyclic) bond motifs is 1. The molecular formula is C26H31N5O5. The fourth-order valence-corrected chi connectivity index (χ4v) is 4.04. The normalized spacial score (nSPS) is 13.0. The minimum absolute atomic E-state index is 0.0569. The second-order valence-electron chi connectivity index (χ2n) is 8.71. The van der Waals surface area contributed by atoms with Gasteiger partial charge in [-0.2, -0.15) is 0 Å². The number of allylic oxidation sites excluding steroid dienone is 1. The Morgan fingerprint density at radius 3 is 2.39 bits per heavy atom. The zero-order valence-electron chi connectivity index (χ0n) is 21.0. The van der Waals surface area contributed by atoms with Crippen molar-refractivity contribution >= 4 is 29.9 Å². The SMILES string of the molecule is CCc1oc2c(c1C)C=C(N=C(N)N(Cc1ccc(C)cc1)C(=O)N(CCC(=O)N=O)C(C)=O)CC2. The van der Waals surface area contributed by atoms with Crippen molar-refractivity contribution < 1.29 is 18.8 Å². The molecule has 0 bridgehead atoms. The average molecular weight is 494 g/mol. The van der Waals surface area contributed by atoms with Crippen molar-refractivity contribution in [2.75, 3.05) is 6.54 Å². The number of carbonyl (C=O) groups is 3. The molecule has 2 N–H and O–H groups in total. The Hall–Kier alpha value is -4.08. The second-order valence-corrected chi connectivity index (χ2v) is 8.71. The Kier molecular flexibility index (Phi) is 8.52. The van der Waals surface area contributed by atoms with Crippen LogP contribution in [0.2, 0.25) is 0 Å². The van der Waals surface area contributed by atoms with Gasteiger partial charge in [0.2, 0.25) is 11.9 Å². The van der Waals surface area contributed by atoms with Crippen molar-refractivity contribution in [2.45, 2.75) is 59.9 Å². The zero-order chi connectivity index (χ0) is 26.4. The summed E-state index contributed by atoms with van der Waals surface area (Å²) in [6.07, 6.45) is 3.56. The van der Waals surface area contributed by atoms with Crippen molar-refractivity contribution in [3.63, 3.8) is 0 Å². The van der Waals surface area contributed by atoms with Crippen LogP contribution in [0.3, 0.4) is 0 Å². The molecule has 1 heterocycles. The number of hydrogen-bond donors (Lipinski definition) is 1. The van der Waals surface area contributed by atoms with E-state index < -0.39 is 17.8 Å². The number of aryl methyl sites for hydroxylation is 3. The van der Waals surface area contributed by atoms with Gasteiger partial charge in [-0.3, -0.25) is 19.4 Å². The van der Waals surface area contributed by atoms with Gasteiger partial charge >= 0.3 is 6.03 Å². The molecule has 10 heteroatoms. The van der Waals surface area contributed by atoms with Crippen LogP contribution in [0, 0.1) is 18.8 Å². The van der Waals surface area contributed by atoms with Gasteiger partial charge in [0.25, 0.3) is 5.91 Å². The number of benzene rings is 1. The molecule has 1 aromatic heterocycles. The Morgan fingerprint density at radius 2 is 1.78 bits per heavy atom. The van der Waals surface area contributed by atoms with E-state index in [1.807, 2.05) is 51.1 Å². The maximum atomic E-state index is 13.5. The lowest BCUT2D eigenvalue weighted by Crippen LogP contribution is -2.50. The van der Waals surface area contributed by atoms with E-state index in [9.17, 15) is 19.3 Å². The van der Waals surface area contributed by atoms with Gasteiger partial charge in [-0.05, 0) is 37.5 Å². The van der Waals surface area contributed by atoms with Gasteiger partial charge in [-0.1, -0.05) is 36.8 Å². The number of urea groups is 1. The van der Waals surface area contributed by atoms with E-state index in [0.29, 0.717) is 18.5 Å². The summed E-state index contributed by atoms with van der Waals surface area (Å²) in [5.74, 6) is 0.208. The summed E-state index contributed by atoms with van der Waals surface area (Å²) in [5.41, 5.74) is 10.9. The summed E-state index contributed by atoms with van der Waals surface area (Å²) < 4.78 is 5.94. The van der Waals surface area contributed by atoms with Crippen LogP contribution >= 0.6 is 0 Å². The highest BCUT2D eigenvalue weighted by atomic mass is 16.3. The Balaban J connectivity index is 1.95. The molecule has 4 amide bonds. The van der Waals surface area contributed by atoms with Crippen LogP contribution in [-0.4, -0.2) is 40.1 Å². The molecule has 10 nitrogen and oxygen atoms in total. The lowest BCUT2D eigenvalue weighted by Gasteiger charge is -2.28. The number of nitrogens with zero attached hydrogens (tertiary/aromatic N) is 4. The van der Waals surface area contributed by atoms with E-state index >= 15 is 0 Å². The first-order valence-electron chi connectivity index (χ1n) is 11.8. The molecular weight excluding hydrogens is 462 g/mol. The molecule has 0 fully saturated rings. The number of carbonyl (C=O) groups excluding carboxylic acids is 3. The zero-order valence-corrected chi connectivity index (χ0v) is 21.0. The van der Waals surface area contributed by atoms with Crippen molar-refractivity contribution in [1.82, 2.24) is 9.80 Å². The molecule has 1 aliphatic rings. The van der Waals surface area contributed by atoms with Crippen LogP contribution in [0.1, 0.15) is 60.5 Å². The van der Waals surface area contributed by atoms with Crippen molar-refractivity contribution in [1.29, 1.82) is 0 Å². The summed E-state index contributed by atoms with van der Waals surface area (Å²) in [6.45, 7) is 6.95. The summed E-state index contributed by atoms with van der Waals surface area (Å²) >= 11 is 0. The minimum Gasteiger partial charge on any atom is -0.465 e. The summed E-state index contributed by atoms with van der Waals surface area (Å²) in [7, 11) is 0. The van der Waals surface area contributed by atoms with E-state index in [1.54, 1.807) is 0 Å². The molecule has 1 aliphatic carbocycles. The quantitative estimate of drug-likeness (QED) is 0.348. The number of aliphatic imine (C=N–C) groups is 1. The first-order valence-corrected chi connectivity index (χ1v) is 11.8. The maximum Gasteiger partial charge on any atom is 0.333 e. The molecule has 0 atom stereocenters. The smallest absolute Gasteiger partial charge is 0.333 e. The Labute approximate surface area is 209 Å². The number of hydrogen-bond acceptors (Lipinski definition) is 6. The molecule has 3 rings (SSSR count). The summed E-state index contributed by atoms with van der Waals surface area (Å²) in [6, 6.07) is 6.77. The number of nitroso groups, excluding NO2 is 1. The highest BCUT2D eigenvalue weighted by Gasteiger charge is 2.28. The van der Waals surface area contributed by atoms with Crippen LogP contribution in [0.25, 0.3) is 6.08 Å². The first kappa shape index (κ1) is 26.5. The largest absolute Gasteiger partial charge is 0.465 e. The number of furan rings is 1. The van der Waals surface area contributed by atoms with Gasteiger partial charge in [0.05, 0.1) is 13.0 Å². The van der Waals surface area contributed by atoms with Crippen LogP contribution in [0.4, 0.5) is 4.79 Å². The van der Waals surface area contributed by atoms with Crippen LogP contribution in [0.5, 0.6) is 0 Å². The van der Waals surface area contributed by atoms with Crippen molar-refractivity contribution in [2.24, 2.45) is 15.9 Å². The highest BCUT2D eigenvalue weighted by molar-refractivity contribution is 6.02. The molecule has 0 aliphatic heterocycles. The Bertz CT molecular complexity index is 1230. The standard InChI is InChI=1S/C26H31N5O5/c1-5-22-17(3)21-14-20(10-11-23(21)36-22)28-25(27)31(15-19-8-6-16(2)7-9-19)26(34)30(18(4)32)13-12-24(33)29-35/h6-9,14H,5,10-13,15H2,1-4H3,(H2,27,28). The predicted octanol–water partition coefficient (Wildman–Crippen LogP) is 4.21. The predicted molar refractivity (Wildman–Crippen MR) is 136 cm³/mol. The van der Waals surface area contributed by atoms with E-state index in [2.05, 4.69) is 10.2 Å². The van der Waals surface area contributed by atoms with Crippen LogP contribution < -0.4 is 5.73 Å². The third-order valence-corrected chi connectivity index (χ3v) is 6.10. The molecule has 0 spiro atoms. The molecule has 2 aromatic rings. The van der Waals surface area contributed by atoms with E-state index in [1.165, 1.54) is 11.8 Å². The first-order chi connectivity index (χ1) is 17.1.